The fraction of sp³-hybridized carbons (Fsp3) is 0.227. The lowest BCUT2D eigenvalue weighted by Crippen LogP contribution is -2.31. The molecule has 0 aliphatic carbocycles. The SMILES string of the molecule is COc1ccc(NC(=O)C2=C(C)Nc3nc(SC)nn3[C@@H]2c2ccccc2OC)cc1. The maximum Gasteiger partial charge on any atom is 0.255 e. The molecule has 2 N–H and O–H groups in total. The average Bonchev–Trinajstić information content (AvgIpc) is 3.21. The Morgan fingerprint density at radius 1 is 1.13 bits per heavy atom. The van der Waals surface area contributed by atoms with Crippen LogP contribution in [0, 0.1) is 0 Å². The summed E-state index contributed by atoms with van der Waals surface area (Å²) in [5, 5.41) is 11.4. The summed E-state index contributed by atoms with van der Waals surface area (Å²) >= 11 is 1.44. The van der Waals surface area contributed by atoms with E-state index in [2.05, 4.69) is 20.7 Å². The molecule has 1 aliphatic rings. The lowest BCUT2D eigenvalue weighted by Gasteiger charge is -2.29. The molecular formula is C22H23N5O3S. The standard InChI is InChI=1S/C22H23N5O3S/c1-13-18(20(28)24-14-9-11-15(29-2)12-10-14)19(16-7-5-6-8-17(16)30-3)27-21(23-13)25-22(26-27)31-4/h5-12,19H,1-4H3,(H,24,28)(H,23,25,26)/t19-/m1/s1. The molecule has 0 fully saturated rings. The molecule has 0 bridgehead atoms. The highest BCUT2D eigenvalue weighted by Gasteiger charge is 2.35. The fourth-order valence-electron chi connectivity index (χ4n) is 3.56. The van der Waals surface area contributed by atoms with Crippen LogP contribution in [0.15, 0.2) is 65.0 Å². The normalized spacial score (nSPS) is 15.2. The molecule has 2 aromatic carbocycles. The smallest absolute Gasteiger partial charge is 0.255 e. The van der Waals surface area contributed by atoms with Crippen LogP contribution in [-0.4, -0.2) is 41.1 Å². The minimum atomic E-state index is -0.501. The van der Waals surface area contributed by atoms with E-state index in [0.29, 0.717) is 33.8 Å². The van der Waals surface area contributed by atoms with Crippen LogP contribution in [-0.2, 0) is 4.79 Å². The number of amides is 1. The number of aromatic nitrogens is 3. The Balaban J connectivity index is 1.78. The first kappa shape index (κ1) is 20.8. The summed E-state index contributed by atoms with van der Waals surface area (Å²) in [6.45, 7) is 1.86. The fourth-order valence-corrected chi connectivity index (χ4v) is 3.91. The highest BCUT2D eigenvalue weighted by molar-refractivity contribution is 7.98. The van der Waals surface area contributed by atoms with E-state index in [1.807, 2.05) is 37.4 Å². The average molecular weight is 438 g/mol. The number of methoxy groups -OCH3 is 2. The number of nitrogens with one attached hydrogen (secondary N) is 2. The number of carbonyl (C=O) groups excluding carboxylic acids is 1. The first-order chi connectivity index (χ1) is 15.0. The second-order valence-corrected chi connectivity index (χ2v) is 7.63. The quantitative estimate of drug-likeness (QED) is 0.565. The Hall–Kier alpha value is -3.46. The zero-order chi connectivity index (χ0) is 22.0. The minimum Gasteiger partial charge on any atom is -0.497 e. The maximum atomic E-state index is 13.5. The molecule has 0 saturated heterocycles. The van der Waals surface area contributed by atoms with Crippen molar-refractivity contribution in [1.82, 2.24) is 14.8 Å². The van der Waals surface area contributed by atoms with Crippen molar-refractivity contribution in [2.24, 2.45) is 0 Å². The molecule has 1 amide bonds. The van der Waals surface area contributed by atoms with Gasteiger partial charge in [0.05, 0.1) is 19.8 Å². The van der Waals surface area contributed by atoms with E-state index in [-0.39, 0.29) is 5.91 Å². The lowest BCUT2D eigenvalue weighted by molar-refractivity contribution is -0.113. The third-order valence-corrected chi connectivity index (χ3v) is 5.58. The van der Waals surface area contributed by atoms with E-state index in [9.17, 15) is 4.79 Å². The number of hydrogen-bond acceptors (Lipinski definition) is 7. The van der Waals surface area contributed by atoms with Gasteiger partial charge in [0.15, 0.2) is 0 Å². The van der Waals surface area contributed by atoms with Crippen LogP contribution >= 0.6 is 11.8 Å². The number of fused-ring (bicyclic) bond motifs is 1. The van der Waals surface area contributed by atoms with Crippen molar-refractivity contribution in [1.29, 1.82) is 0 Å². The van der Waals surface area contributed by atoms with Crippen LogP contribution in [0.4, 0.5) is 11.6 Å². The Kier molecular flexibility index (Phi) is 5.85. The van der Waals surface area contributed by atoms with Gasteiger partial charge in [0.2, 0.25) is 11.1 Å². The largest absolute Gasteiger partial charge is 0.497 e. The molecule has 1 atom stereocenters. The van der Waals surface area contributed by atoms with Crippen LogP contribution in [0.2, 0.25) is 0 Å². The number of thioether (sulfide) groups is 1. The Morgan fingerprint density at radius 2 is 1.87 bits per heavy atom. The van der Waals surface area contributed by atoms with E-state index in [1.165, 1.54) is 11.8 Å². The molecule has 1 aromatic heterocycles. The van der Waals surface area contributed by atoms with Gasteiger partial charge in [-0.25, -0.2) is 4.68 Å². The Labute approximate surface area is 184 Å². The van der Waals surface area contributed by atoms with E-state index in [4.69, 9.17) is 9.47 Å². The number of rotatable bonds is 6. The van der Waals surface area contributed by atoms with Crippen molar-refractivity contribution in [3.63, 3.8) is 0 Å². The van der Waals surface area contributed by atoms with E-state index in [0.717, 1.165) is 11.3 Å². The number of carbonyl (C=O) groups is 1. The summed E-state index contributed by atoms with van der Waals surface area (Å²) in [6.07, 6.45) is 1.91. The first-order valence-corrected chi connectivity index (χ1v) is 10.8. The number of benzene rings is 2. The van der Waals surface area contributed by atoms with Crippen molar-refractivity contribution >= 4 is 29.3 Å². The van der Waals surface area contributed by atoms with Gasteiger partial charge in [-0.2, -0.15) is 4.98 Å². The minimum absolute atomic E-state index is 0.238. The molecule has 160 valence electrons. The number of nitrogens with zero attached hydrogens (tertiary/aromatic N) is 3. The second-order valence-electron chi connectivity index (χ2n) is 6.86. The van der Waals surface area contributed by atoms with Crippen LogP contribution < -0.4 is 20.1 Å². The number of para-hydroxylation sites is 1. The van der Waals surface area contributed by atoms with Crippen molar-refractivity contribution in [2.45, 2.75) is 18.1 Å². The van der Waals surface area contributed by atoms with E-state index < -0.39 is 6.04 Å². The van der Waals surface area contributed by atoms with Crippen molar-refractivity contribution in [2.75, 3.05) is 31.1 Å². The van der Waals surface area contributed by atoms with Gasteiger partial charge in [-0.3, -0.25) is 4.79 Å². The van der Waals surface area contributed by atoms with Crippen molar-refractivity contribution < 1.29 is 14.3 Å². The van der Waals surface area contributed by atoms with Gasteiger partial charge < -0.3 is 20.1 Å². The predicted octanol–water partition coefficient (Wildman–Crippen LogP) is 3.94. The van der Waals surface area contributed by atoms with Crippen LogP contribution in [0.3, 0.4) is 0 Å². The summed E-state index contributed by atoms with van der Waals surface area (Å²) < 4.78 is 12.5. The molecule has 9 heteroatoms. The summed E-state index contributed by atoms with van der Waals surface area (Å²) in [6, 6.07) is 14.3. The molecule has 1 aliphatic heterocycles. The summed E-state index contributed by atoms with van der Waals surface area (Å²) in [5.74, 6) is 1.73. The predicted molar refractivity (Wildman–Crippen MR) is 121 cm³/mol. The summed E-state index contributed by atoms with van der Waals surface area (Å²) in [7, 11) is 3.22. The number of anilines is 2. The van der Waals surface area contributed by atoms with Gasteiger partial charge >= 0.3 is 0 Å². The van der Waals surface area contributed by atoms with Crippen LogP contribution in [0.5, 0.6) is 11.5 Å². The van der Waals surface area contributed by atoms with E-state index >= 15 is 0 Å². The molecule has 3 aromatic rings. The number of allylic oxidation sites excluding steroid dienone is 1. The molecule has 0 radical (unpaired) electrons. The highest BCUT2D eigenvalue weighted by atomic mass is 32.2. The maximum absolute atomic E-state index is 13.5. The second kappa shape index (κ2) is 8.73. The molecule has 2 heterocycles. The summed E-state index contributed by atoms with van der Waals surface area (Å²) in [5.41, 5.74) is 2.73. The van der Waals surface area contributed by atoms with Crippen LogP contribution in [0.1, 0.15) is 18.5 Å². The van der Waals surface area contributed by atoms with Gasteiger partial charge in [0.1, 0.15) is 17.5 Å². The number of ether oxygens (including phenoxy) is 2. The zero-order valence-corrected chi connectivity index (χ0v) is 18.5. The first-order valence-electron chi connectivity index (χ1n) is 9.62. The highest BCUT2D eigenvalue weighted by Crippen LogP contribution is 2.39. The van der Waals surface area contributed by atoms with Gasteiger partial charge in [0, 0.05) is 16.9 Å². The third kappa shape index (κ3) is 3.96. The molecule has 0 spiro atoms. The monoisotopic (exact) mass is 437 g/mol. The molecule has 0 unspecified atom stereocenters. The van der Waals surface area contributed by atoms with E-state index in [1.54, 1.807) is 43.2 Å². The molecular weight excluding hydrogens is 414 g/mol. The Morgan fingerprint density at radius 3 is 2.55 bits per heavy atom. The van der Waals surface area contributed by atoms with Gasteiger partial charge in [-0.15, -0.1) is 5.10 Å². The Bertz CT molecular complexity index is 1140. The van der Waals surface area contributed by atoms with Gasteiger partial charge in [-0.05, 0) is 43.5 Å². The topological polar surface area (TPSA) is 90.3 Å². The molecule has 0 saturated carbocycles. The zero-order valence-electron chi connectivity index (χ0n) is 17.7. The third-order valence-electron chi connectivity index (χ3n) is 5.04. The molecule has 8 nitrogen and oxygen atoms in total. The lowest BCUT2D eigenvalue weighted by atomic mass is 9.94. The van der Waals surface area contributed by atoms with Gasteiger partial charge in [0.25, 0.3) is 5.91 Å². The van der Waals surface area contributed by atoms with Crippen LogP contribution in [0.25, 0.3) is 0 Å². The molecule has 4 rings (SSSR count). The molecule has 31 heavy (non-hydrogen) atoms. The van der Waals surface area contributed by atoms with Crippen molar-refractivity contribution in [3.05, 3.63) is 65.4 Å². The van der Waals surface area contributed by atoms with Crippen molar-refractivity contribution in [3.8, 4) is 11.5 Å². The number of hydrogen-bond donors (Lipinski definition) is 2. The van der Waals surface area contributed by atoms with Gasteiger partial charge in [-0.1, -0.05) is 30.0 Å². The summed E-state index contributed by atoms with van der Waals surface area (Å²) in [4.78, 5) is 18.0.